The van der Waals surface area contributed by atoms with Crippen molar-refractivity contribution in [1.82, 2.24) is 10.3 Å². The molecule has 1 aromatic carbocycles. The number of amides is 2. The van der Waals surface area contributed by atoms with E-state index in [9.17, 15) is 9.59 Å². The number of hydrogen-bond donors (Lipinski definition) is 2. The Balaban J connectivity index is 1.43. The zero-order valence-corrected chi connectivity index (χ0v) is 18.0. The van der Waals surface area contributed by atoms with E-state index in [2.05, 4.69) is 15.2 Å². The van der Waals surface area contributed by atoms with E-state index in [1.54, 1.807) is 17.9 Å². The summed E-state index contributed by atoms with van der Waals surface area (Å²) in [5.74, 6) is 0.289. The minimum Gasteiger partial charge on any atom is -0.444 e. The SMILES string of the molecule is CC(CO)NC(=O)c1cnc(N2CCC(N3C(=O)OCc4ccccc43)CC2)c(Cl)c1. The number of carbonyl (C=O) groups excluding carboxylic acids is 2. The third kappa shape index (κ3) is 4.45. The number of ether oxygens (including phenoxy) is 1. The number of fused-ring (bicyclic) bond motifs is 1. The number of aliphatic hydroxyl groups is 1. The summed E-state index contributed by atoms with van der Waals surface area (Å²) in [7, 11) is 0. The van der Waals surface area contributed by atoms with Gasteiger partial charge in [-0.05, 0) is 31.9 Å². The highest BCUT2D eigenvalue weighted by Gasteiger charge is 2.34. The number of aliphatic hydroxyl groups excluding tert-OH is 1. The van der Waals surface area contributed by atoms with Gasteiger partial charge in [-0.25, -0.2) is 9.78 Å². The van der Waals surface area contributed by atoms with Gasteiger partial charge in [-0.3, -0.25) is 9.69 Å². The molecular weight excluding hydrogens is 420 g/mol. The van der Waals surface area contributed by atoms with E-state index in [0.29, 0.717) is 36.1 Å². The summed E-state index contributed by atoms with van der Waals surface area (Å²) in [6.07, 6.45) is 2.68. The molecule has 0 aliphatic carbocycles. The number of anilines is 2. The van der Waals surface area contributed by atoms with Gasteiger partial charge >= 0.3 is 6.09 Å². The monoisotopic (exact) mass is 444 g/mol. The summed E-state index contributed by atoms with van der Waals surface area (Å²) in [6.45, 7) is 3.23. The van der Waals surface area contributed by atoms with Crippen LogP contribution in [0.2, 0.25) is 5.02 Å². The highest BCUT2D eigenvalue weighted by Crippen LogP contribution is 2.33. The highest BCUT2D eigenvalue weighted by atomic mass is 35.5. The van der Waals surface area contributed by atoms with Crippen molar-refractivity contribution in [2.45, 2.75) is 38.5 Å². The molecule has 0 bridgehead atoms. The van der Waals surface area contributed by atoms with Crippen LogP contribution in [0.15, 0.2) is 36.5 Å². The molecule has 1 saturated heterocycles. The third-order valence-electron chi connectivity index (χ3n) is 5.66. The normalized spacial score (nSPS) is 17.7. The number of hydrogen-bond acceptors (Lipinski definition) is 6. The molecule has 0 saturated carbocycles. The lowest BCUT2D eigenvalue weighted by atomic mass is 10.0. The average molecular weight is 445 g/mol. The summed E-state index contributed by atoms with van der Waals surface area (Å²) >= 11 is 6.43. The predicted octanol–water partition coefficient (Wildman–Crippen LogP) is 2.97. The lowest BCUT2D eigenvalue weighted by Crippen LogP contribution is -2.49. The summed E-state index contributed by atoms with van der Waals surface area (Å²) in [6, 6.07) is 9.09. The van der Waals surface area contributed by atoms with Gasteiger partial charge in [0.15, 0.2) is 0 Å². The Bertz CT molecular complexity index is 978. The molecule has 164 valence electrons. The molecule has 1 fully saturated rings. The van der Waals surface area contributed by atoms with Gasteiger partial charge in [-0.2, -0.15) is 0 Å². The van der Waals surface area contributed by atoms with Crippen LogP contribution in [0.1, 0.15) is 35.7 Å². The lowest BCUT2D eigenvalue weighted by Gasteiger charge is -2.40. The van der Waals surface area contributed by atoms with E-state index in [-0.39, 0.29) is 30.7 Å². The van der Waals surface area contributed by atoms with Gasteiger partial charge in [0, 0.05) is 36.9 Å². The number of piperidine rings is 1. The van der Waals surface area contributed by atoms with Crippen molar-refractivity contribution in [1.29, 1.82) is 0 Å². The summed E-state index contributed by atoms with van der Waals surface area (Å²) in [5.41, 5.74) is 2.27. The van der Waals surface area contributed by atoms with E-state index in [4.69, 9.17) is 21.4 Å². The Morgan fingerprint density at radius 3 is 2.81 bits per heavy atom. The van der Waals surface area contributed by atoms with Crippen LogP contribution in [0.5, 0.6) is 0 Å². The molecule has 2 N–H and O–H groups in total. The fourth-order valence-electron chi connectivity index (χ4n) is 4.00. The first-order valence-corrected chi connectivity index (χ1v) is 10.7. The van der Waals surface area contributed by atoms with E-state index < -0.39 is 0 Å². The number of carbonyl (C=O) groups is 2. The van der Waals surface area contributed by atoms with Crippen LogP contribution >= 0.6 is 11.6 Å². The topological polar surface area (TPSA) is 95.0 Å². The first kappa shape index (κ1) is 21.4. The van der Waals surface area contributed by atoms with Crippen molar-refractivity contribution in [3.05, 3.63) is 52.7 Å². The molecule has 8 nitrogen and oxygen atoms in total. The number of nitrogens with zero attached hydrogens (tertiary/aromatic N) is 3. The molecule has 2 aliphatic heterocycles. The number of benzene rings is 1. The molecule has 2 aromatic rings. The highest BCUT2D eigenvalue weighted by molar-refractivity contribution is 6.33. The molecule has 4 rings (SSSR count). The fraction of sp³-hybridized carbons (Fsp3) is 0.409. The Labute approximate surface area is 185 Å². The lowest BCUT2D eigenvalue weighted by molar-refractivity contribution is 0.0922. The maximum absolute atomic E-state index is 12.5. The van der Waals surface area contributed by atoms with Crippen LogP contribution in [0.4, 0.5) is 16.3 Å². The molecule has 1 atom stereocenters. The van der Waals surface area contributed by atoms with Crippen LogP contribution < -0.4 is 15.1 Å². The Kier molecular flexibility index (Phi) is 6.29. The minimum atomic E-state index is -0.350. The molecule has 2 amide bonds. The van der Waals surface area contributed by atoms with Crippen molar-refractivity contribution in [3.8, 4) is 0 Å². The van der Waals surface area contributed by atoms with Gasteiger partial charge in [0.05, 0.1) is 22.9 Å². The van der Waals surface area contributed by atoms with Crippen LogP contribution in [-0.4, -0.2) is 53.9 Å². The van der Waals surface area contributed by atoms with Gasteiger partial charge in [0.1, 0.15) is 12.4 Å². The second-order valence-corrected chi connectivity index (χ2v) is 8.27. The molecule has 1 aromatic heterocycles. The number of aromatic nitrogens is 1. The van der Waals surface area contributed by atoms with Crippen molar-refractivity contribution >= 4 is 35.1 Å². The van der Waals surface area contributed by atoms with Gasteiger partial charge in [0.2, 0.25) is 0 Å². The second-order valence-electron chi connectivity index (χ2n) is 7.86. The van der Waals surface area contributed by atoms with Crippen molar-refractivity contribution in [2.75, 3.05) is 29.5 Å². The Morgan fingerprint density at radius 1 is 1.35 bits per heavy atom. The van der Waals surface area contributed by atoms with Gasteiger partial charge in [-0.15, -0.1) is 0 Å². The first-order valence-electron chi connectivity index (χ1n) is 10.3. The second kappa shape index (κ2) is 9.11. The number of rotatable bonds is 5. The Hall–Kier alpha value is -2.84. The van der Waals surface area contributed by atoms with Gasteiger partial charge in [0.25, 0.3) is 5.91 Å². The molecule has 9 heteroatoms. The zero-order valence-electron chi connectivity index (χ0n) is 17.3. The van der Waals surface area contributed by atoms with E-state index in [1.807, 2.05) is 24.3 Å². The number of cyclic esters (lactones) is 1. The largest absolute Gasteiger partial charge is 0.444 e. The summed E-state index contributed by atoms with van der Waals surface area (Å²) < 4.78 is 5.36. The van der Waals surface area contributed by atoms with Gasteiger partial charge < -0.3 is 20.1 Å². The predicted molar refractivity (Wildman–Crippen MR) is 118 cm³/mol. The number of halogens is 1. The molecular formula is C22H25ClN4O4. The number of para-hydroxylation sites is 1. The van der Waals surface area contributed by atoms with Crippen LogP contribution in [0.3, 0.4) is 0 Å². The molecule has 0 spiro atoms. The van der Waals surface area contributed by atoms with Crippen molar-refractivity contribution < 1.29 is 19.4 Å². The Morgan fingerprint density at radius 2 is 2.10 bits per heavy atom. The fourth-order valence-corrected chi connectivity index (χ4v) is 4.28. The van der Waals surface area contributed by atoms with Crippen molar-refractivity contribution in [3.63, 3.8) is 0 Å². The van der Waals surface area contributed by atoms with Crippen molar-refractivity contribution in [2.24, 2.45) is 0 Å². The molecule has 3 heterocycles. The van der Waals surface area contributed by atoms with Crippen LogP contribution in [-0.2, 0) is 11.3 Å². The smallest absolute Gasteiger partial charge is 0.414 e. The van der Waals surface area contributed by atoms with E-state index >= 15 is 0 Å². The quantitative estimate of drug-likeness (QED) is 0.736. The first-order chi connectivity index (χ1) is 15.0. The van der Waals surface area contributed by atoms with E-state index in [0.717, 1.165) is 24.1 Å². The maximum atomic E-state index is 12.5. The zero-order chi connectivity index (χ0) is 22.0. The molecule has 0 radical (unpaired) electrons. The molecule has 1 unspecified atom stereocenters. The summed E-state index contributed by atoms with van der Waals surface area (Å²) in [5, 5.41) is 12.2. The van der Waals surface area contributed by atoms with Crippen LogP contribution in [0, 0.1) is 0 Å². The average Bonchev–Trinajstić information content (AvgIpc) is 2.79. The summed E-state index contributed by atoms with van der Waals surface area (Å²) in [4.78, 5) is 32.9. The minimum absolute atomic E-state index is 0.0361. The number of nitrogens with one attached hydrogen (secondary N) is 1. The van der Waals surface area contributed by atoms with Gasteiger partial charge in [-0.1, -0.05) is 29.8 Å². The maximum Gasteiger partial charge on any atom is 0.414 e. The van der Waals surface area contributed by atoms with Crippen LogP contribution in [0.25, 0.3) is 0 Å². The van der Waals surface area contributed by atoms with E-state index in [1.165, 1.54) is 6.20 Å². The standard InChI is InChI=1S/C22H25ClN4O4/c1-14(12-28)25-21(29)16-10-18(23)20(24-11-16)26-8-6-17(7-9-26)27-19-5-3-2-4-15(19)13-31-22(27)30/h2-5,10-11,14,17,28H,6-9,12-13H2,1H3,(H,25,29). The molecule has 31 heavy (non-hydrogen) atoms. The number of pyridine rings is 1. The molecule has 2 aliphatic rings. The third-order valence-corrected chi connectivity index (χ3v) is 5.94.